The zero-order valence-corrected chi connectivity index (χ0v) is 10.4. The monoisotopic (exact) mass is 338 g/mol. The van der Waals surface area contributed by atoms with E-state index >= 15 is 0 Å². The van der Waals surface area contributed by atoms with Gasteiger partial charge < -0.3 is 0 Å². The number of nitrogens with zero attached hydrogens (tertiary/aromatic N) is 1. The van der Waals surface area contributed by atoms with Crippen molar-refractivity contribution in [3.63, 3.8) is 0 Å². The molecule has 2 rings (SSSR count). The number of nitrogens with one attached hydrogen (secondary N) is 1. The minimum atomic E-state index is -3.68. The van der Waals surface area contributed by atoms with Crippen LogP contribution >= 0.6 is 22.6 Å². The lowest BCUT2D eigenvalue weighted by molar-refractivity contribution is -0.117. The average molecular weight is 338 g/mol. The van der Waals surface area contributed by atoms with Gasteiger partial charge in [0.2, 0.25) is 0 Å². The third-order valence-electron chi connectivity index (χ3n) is 1.92. The highest BCUT2D eigenvalue weighted by atomic mass is 127. The van der Waals surface area contributed by atoms with Crippen LogP contribution in [0.15, 0.2) is 24.3 Å². The Morgan fingerprint density at radius 2 is 2.13 bits per heavy atom. The molecule has 7 heteroatoms. The maximum Gasteiger partial charge on any atom is 0.326 e. The summed E-state index contributed by atoms with van der Waals surface area (Å²) in [6, 6.07) is 6.95. The minimum Gasteiger partial charge on any atom is -0.272 e. The van der Waals surface area contributed by atoms with Gasteiger partial charge in [-0.05, 0) is 40.8 Å². The van der Waals surface area contributed by atoms with E-state index in [0.717, 1.165) is 7.88 Å². The maximum atomic E-state index is 11.5. The van der Waals surface area contributed by atoms with Gasteiger partial charge >= 0.3 is 10.2 Å². The quantitative estimate of drug-likeness (QED) is 0.757. The molecule has 80 valence electrons. The fourth-order valence-electron chi connectivity index (χ4n) is 1.31. The van der Waals surface area contributed by atoms with Crippen molar-refractivity contribution in [2.75, 3.05) is 10.8 Å². The number of carbonyl (C=O) groups excluding carboxylic acids is 1. The summed E-state index contributed by atoms with van der Waals surface area (Å²) in [6.45, 7) is -0.150. The second-order valence-electron chi connectivity index (χ2n) is 3.02. The molecule has 15 heavy (non-hydrogen) atoms. The van der Waals surface area contributed by atoms with Crippen molar-refractivity contribution in [3.05, 3.63) is 27.8 Å². The first-order valence-electron chi connectivity index (χ1n) is 4.08. The van der Waals surface area contributed by atoms with Crippen molar-refractivity contribution in [2.24, 2.45) is 0 Å². The molecule has 0 unspecified atom stereocenters. The SMILES string of the molecule is O=C1CN(c2cccc(I)c2)S(=O)(=O)N1. The Balaban J connectivity index is 2.44. The molecule has 5 nitrogen and oxygen atoms in total. The first-order valence-corrected chi connectivity index (χ1v) is 6.60. The van der Waals surface area contributed by atoms with Crippen LogP contribution in [-0.4, -0.2) is 20.9 Å². The van der Waals surface area contributed by atoms with E-state index in [1.54, 1.807) is 18.2 Å². The first kappa shape index (κ1) is 10.7. The summed E-state index contributed by atoms with van der Waals surface area (Å²) in [7, 11) is -3.68. The Kier molecular flexibility index (Phi) is 2.59. The number of carbonyl (C=O) groups is 1. The summed E-state index contributed by atoms with van der Waals surface area (Å²) < 4.78 is 26.8. The molecule has 1 N–H and O–H groups in total. The Morgan fingerprint density at radius 1 is 1.40 bits per heavy atom. The van der Waals surface area contributed by atoms with Gasteiger partial charge in [-0.3, -0.25) is 4.79 Å². The standard InChI is InChI=1S/C8H7IN2O3S/c9-6-2-1-3-7(4-6)11-5-8(12)10-15(11,13)14/h1-4H,5H2,(H,10,12). The predicted molar refractivity (Wildman–Crippen MR) is 63.6 cm³/mol. The van der Waals surface area contributed by atoms with E-state index in [4.69, 9.17) is 0 Å². The number of benzene rings is 1. The molecular formula is C8H7IN2O3S. The zero-order valence-electron chi connectivity index (χ0n) is 7.47. The third-order valence-corrected chi connectivity index (χ3v) is 3.99. The molecule has 1 aromatic rings. The molecule has 1 saturated heterocycles. The largest absolute Gasteiger partial charge is 0.326 e. The molecule has 0 spiro atoms. The number of amides is 1. The second kappa shape index (κ2) is 3.63. The first-order chi connectivity index (χ1) is 6.99. The van der Waals surface area contributed by atoms with Gasteiger partial charge in [-0.15, -0.1) is 0 Å². The van der Waals surface area contributed by atoms with Crippen molar-refractivity contribution in [3.8, 4) is 0 Å². The molecule has 1 aliphatic rings. The van der Waals surface area contributed by atoms with Crippen LogP contribution in [-0.2, 0) is 15.0 Å². The van der Waals surface area contributed by atoms with Crippen LogP contribution in [0.25, 0.3) is 0 Å². The Bertz CT molecular complexity index is 514. The summed E-state index contributed by atoms with van der Waals surface area (Å²) in [5.74, 6) is -0.506. The molecule has 0 aliphatic carbocycles. The highest BCUT2D eigenvalue weighted by Crippen LogP contribution is 2.21. The van der Waals surface area contributed by atoms with Crippen LogP contribution in [0.5, 0.6) is 0 Å². The van der Waals surface area contributed by atoms with Gasteiger partial charge in [0.25, 0.3) is 5.91 Å². The number of hydrogen-bond donors (Lipinski definition) is 1. The van der Waals surface area contributed by atoms with Gasteiger partial charge in [-0.2, -0.15) is 8.42 Å². The van der Waals surface area contributed by atoms with E-state index in [1.807, 2.05) is 10.8 Å². The van der Waals surface area contributed by atoms with Crippen LogP contribution in [0, 0.1) is 3.57 Å². The van der Waals surface area contributed by atoms with Crippen molar-refractivity contribution >= 4 is 44.4 Å². The van der Waals surface area contributed by atoms with Gasteiger partial charge in [0, 0.05) is 3.57 Å². The van der Waals surface area contributed by atoms with Crippen molar-refractivity contribution in [1.82, 2.24) is 4.72 Å². The average Bonchev–Trinajstić information content (AvgIpc) is 2.39. The van der Waals surface area contributed by atoms with E-state index in [0.29, 0.717) is 5.69 Å². The molecule has 1 aliphatic heterocycles. The van der Waals surface area contributed by atoms with Crippen LogP contribution in [0.2, 0.25) is 0 Å². The maximum absolute atomic E-state index is 11.5. The molecule has 1 aromatic carbocycles. The molecule has 0 saturated carbocycles. The molecule has 1 fully saturated rings. The van der Waals surface area contributed by atoms with Crippen molar-refractivity contribution < 1.29 is 13.2 Å². The topological polar surface area (TPSA) is 66.5 Å². The summed E-state index contributed by atoms with van der Waals surface area (Å²) in [4.78, 5) is 11.0. The lowest BCUT2D eigenvalue weighted by Crippen LogP contribution is -2.29. The Labute approximate surface area is 101 Å². The van der Waals surface area contributed by atoms with E-state index in [2.05, 4.69) is 22.6 Å². The summed E-state index contributed by atoms with van der Waals surface area (Å²) >= 11 is 2.08. The second-order valence-corrected chi connectivity index (χ2v) is 5.86. The lowest BCUT2D eigenvalue weighted by atomic mass is 10.3. The van der Waals surface area contributed by atoms with E-state index in [1.165, 1.54) is 0 Å². The van der Waals surface area contributed by atoms with Crippen LogP contribution in [0.3, 0.4) is 0 Å². The molecule has 0 aromatic heterocycles. The highest BCUT2D eigenvalue weighted by Gasteiger charge is 2.33. The van der Waals surface area contributed by atoms with Crippen LogP contribution in [0.4, 0.5) is 5.69 Å². The molecule has 1 amide bonds. The van der Waals surface area contributed by atoms with Gasteiger partial charge in [-0.1, -0.05) is 6.07 Å². The summed E-state index contributed by atoms with van der Waals surface area (Å²) in [5, 5.41) is 0. The zero-order chi connectivity index (χ0) is 11.1. The minimum absolute atomic E-state index is 0.150. The Morgan fingerprint density at radius 3 is 2.67 bits per heavy atom. The number of halogens is 1. The van der Waals surface area contributed by atoms with Gasteiger partial charge in [0.1, 0.15) is 6.54 Å². The van der Waals surface area contributed by atoms with Crippen LogP contribution in [0.1, 0.15) is 0 Å². The number of rotatable bonds is 1. The van der Waals surface area contributed by atoms with Gasteiger partial charge in [-0.25, -0.2) is 9.03 Å². The molecule has 0 bridgehead atoms. The van der Waals surface area contributed by atoms with E-state index < -0.39 is 16.1 Å². The van der Waals surface area contributed by atoms with Crippen LogP contribution < -0.4 is 9.03 Å². The third kappa shape index (κ3) is 2.07. The van der Waals surface area contributed by atoms with Gasteiger partial charge in [0.15, 0.2) is 0 Å². The fourth-order valence-corrected chi connectivity index (χ4v) is 2.98. The summed E-state index contributed by atoms with van der Waals surface area (Å²) in [5.41, 5.74) is 0.500. The number of anilines is 1. The van der Waals surface area contributed by atoms with E-state index in [9.17, 15) is 13.2 Å². The summed E-state index contributed by atoms with van der Waals surface area (Å²) in [6.07, 6.45) is 0. The van der Waals surface area contributed by atoms with E-state index in [-0.39, 0.29) is 6.54 Å². The Hall–Kier alpha value is -0.830. The number of hydrogen-bond acceptors (Lipinski definition) is 3. The normalized spacial score (nSPS) is 19.0. The molecule has 0 atom stereocenters. The highest BCUT2D eigenvalue weighted by molar-refractivity contribution is 14.1. The smallest absolute Gasteiger partial charge is 0.272 e. The van der Waals surface area contributed by atoms with Crippen molar-refractivity contribution in [2.45, 2.75) is 0 Å². The predicted octanol–water partition coefficient (Wildman–Crippen LogP) is 0.472. The van der Waals surface area contributed by atoms with Gasteiger partial charge in [0.05, 0.1) is 5.69 Å². The van der Waals surface area contributed by atoms with Crippen molar-refractivity contribution in [1.29, 1.82) is 0 Å². The molecule has 0 radical (unpaired) electrons. The molecular weight excluding hydrogens is 331 g/mol. The molecule has 1 heterocycles. The lowest BCUT2D eigenvalue weighted by Gasteiger charge is -2.14. The fraction of sp³-hybridized carbons (Fsp3) is 0.125.